The first kappa shape index (κ1) is 29.5. The summed E-state index contributed by atoms with van der Waals surface area (Å²) in [5.74, 6) is 1.82. The minimum Gasteiger partial charge on any atom is -0.477 e. The fourth-order valence-electron chi connectivity index (χ4n) is 7.11. The summed E-state index contributed by atoms with van der Waals surface area (Å²) in [5, 5.41) is 0. The lowest BCUT2D eigenvalue weighted by Crippen LogP contribution is -2.44. The van der Waals surface area contributed by atoms with Crippen molar-refractivity contribution in [2.75, 3.05) is 22.9 Å². The van der Waals surface area contributed by atoms with Gasteiger partial charge >= 0.3 is 0 Å². The molecule has 4 aliphatic heterocycles. The van der Waals surface area contributed by atoms with Gasteiger partial charge in [-0.1, -0.05) is 64.5 Å². The average molecular weight is 687 g/mol. The summed E-state index contributed by atoms with van der Waals surface area (Å²) in [4.78, 5) is 33.8. The fourth-order valence-corrected chi connectivity index (χ4v) is 7.37. The number of carbonyl (C=O) groups excluding carboxylic acids is 2. The van der Waals surface area contributed by atoms with Crippen LogP contribution in [-0.4, -0.2) is 41.1 Å². The third kappa shape index (κ3) is 5.26. The number of benzene rings is 4. The van der Waals surface area contributed by atoms with Crippen molar-refractivity contribution in [1.82, 2.24) is 4.98 Å². The normalized spacial score (nSPS) is 22.1. The Morgan fingerprint density at radius 2 is 1.02 bits per heavy atom. The highest BCUT2D eigenvalue weighted by Crippen LogP contribution is 2.43. The lowest BCUT2D eigenvalue weighted by atomic mass is 9.95. The number of amides is 2. The van der Waals surface area contributed by atoms with E-state index in [0.717, 1.165) is 56.0 Å². The second-order valence-corrected chi connectivity index (χ2v) is 13.4. The van der Waals surface area contributed by atoms with Crippen LogP contribution in [0, 0.1) is 0 Å². The first-order chi connectivity index (χ1) is 22.9. The quantitative estimate of drug-likeness (QED) is 0.198. The number of hydrogen-bond donors (Lipinski definition) is 0. The Bertz CT molecular complexity index is 1910. The Morgan fingerprint density at radius 3 is 1.51 bits per heavy atom. The molecular weight excluding hydrogens is 654 g/mol. The number of rotatable bonds is 3. The third-order valence-corrected chi connectivity index (χ3v) is 10.1. The summed E-state index contributed by atoms with van der Waals surface area (Å²) in [6.07, 6.45) is 6.35. The molecule has 0 bridgehead atoms. The van der Waals surface area contributed by atoms with Crippen LogP contribution in [0.2, 0.25) is 0 Å². The van der Waals surface area contributed by atoms with Gasteiger partial charge < -0.3 is 19.3 Å². The van der Waals surface area contributed by atoms with Crippen LogP contribution >= 0.6 is 15.9 Å². The predicted molar refractivity (Wildman–Crippen MR) is 185 cm³/mol. The second kappa shape index (κ2) is 11.7. The molecule has 5 heterocycles. The van der Waals surface area contributed by atoms with Crippen molar-refractivity contribution in [2.45, 2.75) is 36.9 Å². The van der Waals surface area contributed by atoms with Crippen LogP contribution in [0.1, 0.15) is 24.0 Å². The van der Waals surface area contributed by atoms with Crippen molar-refractivity contribution in [3.05, 3.63) is 137 Å². The molecule has 4 aliphatic rings. The van der Waals surface area contributed by atoms with Gasteiger partial charge in [0, 0.05) is 67.0 Å². The van der Waals surface area contributed by atoms with Crippen LogP contribution < -0.4 is 19.3 Å². The van der Waals surface area contributed by atoms with Crippen LogP contribution in [0.3, 0.4) is 0 Å². The molecule has 9 rings (SSSR count). The van der Waals surface area contributed by atoms with Gasteiger partial charge in [0.1, 0.15) is 11.5 Å². The SMILES string of the molecule is O=C1N(c2ccc(-c3ccncc3)cc2)CCC12Cc1ccccc1O2.O=C1N(c2ccc(Br)cc2)CCC12Cc1ccccc1O2. The van der Waals surface area contributed by atoms with Gasteiger partial charge in [0.15, 0.2) is 11.2 Å². The smallest absolute Gasteiger partial charge is 0.271 e. The Balaban J connectivity index is 0.000000141. The van der Waals surface area contributed by atoms with Crippen molar-refractivity contribution in [3.63, 3.8) is 0 Å². The molecule has 8 heteroatoms. The van der Waals surface area contributed by atoms with Gasteiger partial charge in [-0.2, -0.15) is 0 Å². The van der Waals surface area contributed by atoms with E-state index in [1.54, 1.807) is 12.4 Å². The third-order valence-electron chi connectivity index (χ3n) is 9.59. The number of hydrogen-bond acceptors (Lipinski definition) is 5. The first-order valence-electron chi connectivity index (χ1n) is 15.9. The van der Waals surface area contributed by atoms with Crippen LogP contribution in [-0.2, 0) is 22.4 Å². The summed E-state index contributed by atoms with van der Waals surface area (Å²) >= 11 is 3.42. The highest BCUT2D eigenvalue weighted by Gasteiger charge is 2.54. The lowest BCUT2D eigenvalue weighted by molar-refractivity contribution is -0.129. The Hall–Kier alpha value is -4.95. The largest absolute Gasteiger partial charge is 0.477 e. The van der Waals surface area contributed by atoms with Gasteiger partial charge in [0.2, 0.25) is 0 Å². The molecule has 0 radical (unpaired) electrons. The number of halogens is 1. The Labute approximate surface area is 281 Å². The van der Waals surface area contributed by atoms with Crippen molar-refractivity contribution < 1.29 is 19.1 Å². The zero-order valence-corrected chi connectivity index (χ0v) is 27.2. The molecule has 2 amide bonds. The van der Waals surface area contributed by atoms with Crippen molar-refractivity contribution in [2.24, 2.45) is 0 Å². The van der Waals surface area contributed by atoms with Gasteiger partial charge in [0.05, 0.1) is 0 Å². The van der Waals surface area contributed by atoms with Crippen LogP contribution in [0.4, 0.5) is 11.4 Å². The van der Waals surface area contributed by atoms with E-state index in [1.165, 1.54) is 0 Å². The zero-order chi connectivity index (χ0) is 32.0. The van der Waals surface area contributed by atoms with E-state index >= 15 is 0 Å². The molecule has 0 aliphatic carbocycles. The molecule has 7 nitrogen and oxygen atoms in total. The Morgan fingerprint density at radius 1 is 0.574 bits per heavy atom. The van der Waals surface area contributed by atoms with Crippen molar-refractivity contribution in [1.29, 1.82) is 0 Å². The number of carbonyl (C=O) groups is 2. The fraction of sp³-hybridized carbons (Fsp3) is 0.205. The molecule has 0 N–H and O–H groups in total. The molecule has 2 saturated heterocycles. The van der Waals surface area contributed by atoms with E-state index in [9.17, 15) is 9.59 Å². The molecule has 1 aromatic heterocycles. The number of fused-ring (bicyclic) bond motifs is 2. The van der Waals surface area contributed by atoms with Crippen molar-refractivity contribution in [3.8, 4) is 22.6 Å². The van der Waals surface area contributed by atoms with Gasteiger partial charge in [0.25, 0.3) is 11.8 Å². The molecule has 0 saturated carbocycles. The molecule has 47 heavy (non-hydrogen) atoms. The average Bonchev–Trinajstić information content (AvgIpc) is 3.86. The van der Waals surface area contributed by atoms with E-state index in [0.29, 0.717) is 32.4 Å². The van der Waals surface area contributed by atoms with Crippen LogP contribution in [0.5, 0.6) is 11.5 Å². The van der Waals surface area contributed by atoms with E-state index in [-0.39, 0.29) is 11.8 Å². The predicted octanol–water partition coefficient (Wildman–Crippen LogP) is 7.42. The summed E-state index contributed by atoms with van der Waals surface area (Å²) in [7, 11) is 0. The zero-order valence-electron chi connectivity index (χ0n) is 25.6. The minimum absolute atomic E-state index is 0.0605. The molecule has 2 atom stereocenters. The number of para-hydroxylation sites is 2. The van der Waals surface area contributed by atoms with E-state index in [2.05, 4.69) is 20.9 Å². The van der Waals surface area contributed by atoms with E-state index in [1.807, 2.05) is 119 Å². The molecule has 2 spiro atoms. The second-order valence-electron chi connectivity index (χ2n) is 12.4. The molecule has 234 valence electrons. The van der Waals surface area contributed by atoms with Crippen molar-refractivity contribution >= 4 is 39.1 Å². The summed E-state index contributed by atoms with van der Waals surface area (Å²) < 4.78 is 13.2. The standard InChI is InChI=1S/C22H18N2O2.C17H14BrNO2/c25-21-22(15-18-3-1-2-4-20(18)26-22)11-14-24(21)19-7-5-16(6-8-19)17-9-12-23-13-10-17;18-13-5-7-14(8-6-13)19-10-9-17(16(19)20)11-12-3-1-2-4-15(12)21-17/h1-10,12-13H,11,14-15H2;1-8H,9-11H2. The molecule has 2 fully saturated rings. The number of aromatic nitrogens is 1. The van der Waals surface area contributed by atoms with Gasteiger partial charge in [-0.3, -0.25) is 14.6 Å². The number of ether oxygens (including phenoxy) is 2. The maximum absolute atomic E-state index is 13.1. The van der Waals surface area contributed by atoms with Gasteiger partial charge in [-0.15, -0.1) is 0 Å². The minimum atomic E-state index is -0.729. The number of anilines is 2. The number of pyridine rings is 1. The molecule has 4 aromatic carbocycles. The first-order valence-corrected chi connectivity index (χ1v) is 16.7. The van der Waals surface area contributed by atoms with Crippen LogP contribution in [0.15, 0.2) is 126 Å². The summed E-state index contributed by atoms with van der Waals surface area (Å²) in [5.41, 5.74) is 4.90. The van der Waals surface area contributed by atoms with Gasteiger partial charge in [-0.25, -0.2) is 0 Å². The van der Waals surface area contributed by atoms with Gasteiger partial charge in [-0.05, 0) is 82.9 Å². The van der Waals surface area contributed by atoms with E-state index < -0.39 is 11.2 Å². The highest BCUT2D eigenvalue weighted by molar-refractivity contribution is 9.10. The molecule has 2 unspecified atom stereocenters. The van der Waals surface area contributed by atoms with Crippen LogP contribution in [0.25, 0.3) is 11.1 Å². The molecule has 5 aromatic rings. The number of nitrogens with zero attached hydrogens (tertiary/aromatic N) is 3. The topological polar surface area (TPSA) is 72.0 Å². The Kier molecular flexibility index (Phi) is 7.33. The maximum atomic E-state index is 13.1. The monoisotopic (exact) mass is 685 g/mol. The van der Waals surface area contributed by atoms with E-state index in [4.69, 9.17) is 9.47 Å². The summed E-state index contributed by atoms with van der Waals surface area (Å²) in [6.45, 7) is 1.38. The summed E-state index contributed by atoms with van der Waals surface area (Å²) in [6, 6.07) is 35.8. The lowest BCUT2D eigenvalue weighted by Gasteiger charge is -2.23. The maximum Gasteiger partial charge on any atom is 0.271 e. The molecular formula is C39H32BrN3O4. The highest BCUT2D eigenvalue weighted by atomic mass is 79.9.